The largest absolute Gasteiger partial charge is 0.496 e. The van der Waals surface area contributed by atoms with E-state index in [1.807, 2.05) is 0 Å². The van der Waals surface area contributed by atoms with Crippen LogP contribution in [0.4, 0.5) is 0 Å². The molecule has 0 aliphatic carbocycles. The Kier molecular flexibility index (Phi) is 3.42. The maximum Gasteiger partial charge on any atom is 0.325 e. The van der Waals surface area contributed by atoms with Gasteiger partial charge in [0, 0.05) is 5.02 Å². The van der Waals surface area contributed by atoms with Gasteiger partial charge < -0.3 is 9.84 Å². The number of hydrogen-bond acceptors (Lipinski definition) is 5. The van der Waals surface area contributed by atoms with Crippen LogP contribution in [0.2, 0.25) is 5.02 Å². The van der Waals surface area contributed by atoms with Crippen molar-refractivity contribution in [1.29, 1.82) is 0 Å². The third-order valence-corrected chi connectivity index (χ3v) is 2.46. The topological polar surface area (TPSA) is 90.1 Å². The lowest BCUT2D eigenvalue weighted by molar-refractivity contribution is -0.137. The number of carboxylic acids is 1. The minimum Gasteiger partial charge on any atom is -0.496 e. The molecule has 0 amide bonds. The van der Waals surface area contributed by atoms with Crippen LogP contribution in [0.1, 0.15) is 0 Å². The van der Waals surface area contributed by atoms with E-state index in [0.29, 0.717) is 22.2 Å². The van der Waals surface area contributed by atoms with Crippen molar-refractivity contribution in [3.05, 3.63) is 23.2 Å². The summed E-state index contributed by atoms with van der Waals surface area (Å²) < 4.78 is 6.34. The van der Waals surface area contributed by atoms with E-state index >= 15 is 0 Å². The fraction of sp³-hybridized carbons (Fsp3) is 0.200. The molecule has 7 nitrogen and oxygen atoms in total. The fourth-order valence-corrected chi connectivity index (χ4v) is 1.64. The van der Waals surface area contributed by atoms with Crippen molar-refractivity contribution in [3.63, 3.8) is 0 Å². The standard InChI is InChI=1S/C10H9ClN4O3/c1-18-8-4-6(11)2-3-7(8)10-12-13-14-15(10)5-9(16)17/h2-4H,5H2,1H3,(H,16,17). The van der Waals surface area contributed by atoms with E-state index in [0.717, 1.165) is 0 Å². The second-order valence-electron chi connectivity index (χ2n) is 3.40. The van der Waals surface area contributed by atoms with E-state index in [1.54, 1.807) is 18.2 Å². The Labute approximate surface area is 107 Å². The highest BCUT2D eigenvalue weighted by atomic mass is 35.5. The maximum atomic E-state index is 10.7. The first kappa shape index (κ1) is 12.3. The molecule has 1 N–H and O–H groups in total. The number of ether oxygens (including phenoxy) is 1. The number of rotatable bonds is 4. The number of carboxylic acid groups (broad SMARTS) is 1. The lowest BCUT2D eigenvalue weighted by atomic mass is 10.2. The summed E-state index contributed by atoms with van der Waals surface area (Å²) in [5, 5.41) is 20.1. The van der Waals surface area contributed by atoms with E-state index in [1.165, 1.54) is 11.8 Å². The van der Waals surface area contributed by atoms with E-state index in [2.05, 4.69) is 15.5 Å². The van der Waals surface area contributed by atoms with Crippen LogP contribution in [0.3, 0.4) is 0 Å². The minimum atomic E-state index is -1.03. The summed E-state index contributed by atoms with van der Waals surface area (Å²) in [7, 11) is 1.49. The molecule has 0 saturated carbocycles. The highest BCUT2D eigenvalue weighted by molar-refractivity contribution is 6.30. The van der Waals surface area contributed by atoms with E-state index in [9.17, 15) is 4.79 Å². The summed E-state index contributed by atoms with van der Waals surface area (Å²) in [6, 6.07) is 4.93. The molecule has 94 valence electrons. The Morgan fingerprint density at radius 3 is 3.00 bits per heavy atom. The average Bonchev–Trinajstić information content (AvgIpc) is 2.76. The highest BCUT2D eigenvalue weighted by Crippen LogP contribution is 2.30. The van der Waals surface area contributed by atoms with Crippen molar-refractivity contribution in [3.8, 4) is 17.1 Å². The van der Waals surface area contributed by atoms with Gasteiger partial charge in [0.25, 0.3) is 0 Å². The normalized spacial score (nSPS) is 10.3. The molecular weight excluding hydrogens is 260 g/mol. The minimum absolute atomic E-state index is 0.311. The lowest BCUT2D eigenvalue weighted by Crippen LogP contribution is -2.11. The van der Waals surface area contributed by atoms with Crippen molar-refractivity contribution < 1.29 is 14.6 Å². The number of aliphatic carboxylic acids is 1. The summed E-state index contributed by atoms with van der Waals surface area (Å²) in [5.74, 6) is -0.244. The van der Waals surface area contributed by atoms with Gasteiger partial charge in [-0.25, -0.2) is 4.68 Å². The summed E-state index contributed by atoms with van der Waals surface area (Å²) in [5.41, 5.74) is 0.577. The number of hydrogen-bond donors (Lipinski definition) is 1. The van der Waals surface area contributed by atoms with Crippen LogP contribution in [0.15, 0.2) is 18.2 Å². The van der Waals surface area contributed by atoms with Crippen molar-refractivity contribution in [2.75, 3.05) is 7.11 Å². The van der Waals surface area contributed by atoms with Crippen molar-refractivity contribution in [2.24, 2.45) is 0 Å². The van der Waals surface area contributed by atoms with Crippen LogP contribution < -0.4 is 4.74 Å². The molecule has 1 heterocycles. The third-order valence-electron chi connectivity index (χ3n) is 2.22. The molecule has 0 saturated heterocycles. The fourth-order valence-electron chi connectivity index (χ4n) is 1.48. The molecule has 1 aromatic heterocycles. The first-order chi connectivity index (χ1) is 8.61. The van der Waals surface area contributed by atoms with Gasteiger partial charge in [0.15, 0.2) is 5.82 Å². The van der Waals surface area contributed by atoms with E-state index in [-0.39, 0.29) is 6.54 Å². The van der Waals surface area contributed by atoms with Gasteiger partial charge in [-0.05, 0) is 28.6 Å². The first-order valence-corrected chi connectivity index (χ1v) is 5.31. The molecule has 0 aliphatic heterocycles. The van der Waals surface area contributed by atoms with Crippen molar-refractivity contribution in [1.82, 2.24) is 20.2 Å². The number of benzene rings is 1. The van der Waals surface area contributed by atoms with Crippen LogP contribution in [0.25, 0.3) is 11.4 Å². The molecule has 0 aliphatic rings. The number of nitrogens with zero attached hydrogens (tertiary/aromatic N) is 4. The highest BCUT2D eigenvalue weighted by Gasteiger charge is 2.15. The molecule has 0 unspecified atom stereocenters. The van der Waals surface area contributed by atoms with Crippen molar-refractivity contribution >= 4 is 17.6 Å². The van der Waals surface area contributed by atoms with Gasteiger partial charge in [0.05, 0.1) is 12.7 Å². The molecule has 0 radical (unpaired) electrons. The molecule has 0 spiro atoms. The zero-order valence-corrected chi connectivity index (χ0v) is 10.1. The Hall–Kier alpha value is -2.15. The molecule has 2 rings (SSSR count). The second-order valence-corrected chi connectivity index (χ2v) is 3.83. The van der Waals surface area contributed by atoms with Gasteiger partial charge in [0.2, 0.25) is 0 Å². The van der Waals surface area contributed by atoms with Crippen LogP contribution >= 0.6 is 11.6 Å². The number of halogens is 1. The van der Waals surface area contributed by atoms with Crippen LogP contribution in [0, 0.1) is 0 Å². The van der Waals surface area contributed by atoms with Crippen LogP contribution in [-0.4, -0.2) is 38.4 Å². The molecular formula is C10H9ClN4O3. The van der Waals surface area contributed by atoms with Gasteiger partial charge in [-0.3, -0.25) is 4.79 Å². The molecule has 1 aromatic carbocycles. The Morgan fingerprint density at radius 1 is 1.56 bits per heavy atom. The lowest BCUT2D eigenvalue weighted by Gasteiger charge is -2.07. The van der Waals surface area contributed by atoms with Gasteiger partial charge in [-0.15, -0.1) is 5.10 Å². The summed E-state index contributed by atoms with van der Waals surface area (Å²) in [6.07, 6.45) is 0. The number of methoxy groups -OCH3 is 1. The Balaban J connectivity index is 2.48. The van der Waals surface area contributed by atoms with Crippen LogP contribution in [-0.2, 0) is 11.3 Å². The zero-order valence-electron chi connectivity index (χ0n) is 9.37. The zero-order chi connectivity index (χ0) is 13.1. The molecule has 8 heteroatoms. The van der Waals surface area contributed by atoms with E-state index in [4.69, 9.17) is 21.4 Å². The van der Waals surface area contributed by atoms with Gasteiger partial charge >= 0.3 is 5.97 Å². The molecule has 0 atom stereocenters. The third kappa shape index (κ3) is 2.40. The van der Waals surface area contributed by atoms with Gasteiger partial charge in [0.1, 0.15) is 12.3 Å². The maximum absolute atomic E-state index is 10.7. The Bertz CT molecular complexity index is 584. The average molecular weight is 269 g/mol. The van der Waals surface area contributed by atoms with E-state index < -0.39 is 5.97 Å². The number of carbonyl (C=O) groups is 1. The second kappa shape index (κ2) is 5.01. The summed E-state index contributed by atoms with van der Waals surface area (Å²) >= 11 is 5.85. The predicted octanol–water partition coefficient (Wildman–Crippen LogP) is 1.09. The molecule has 2 aromatic rings. The molecule has 18 heavy (non-hydrogen) atoms. The Morgan fingerprint density at radius 2 is 2.33 bits per heavy atom. The quantitative estimate of drug-likeness (QED) is 0.892. The SMILES string of the molecule is COc1cc(Cl)ccc1-c1nnnn1CC(=O)O. The van der Waals surface area contributed by atoms with Gasteiger partial charge in [-0.2, -0.15) is 0 Å². The number of aromatic nitrogens is 4. The van der Waals surface area contributed by atoms with Crippen LogP contribution in [0.5, 0.6) is 5.75 Å². The van der Waals surface area contributed by atoms with Gasteiger partial charge in [-0.1, -0.05) is 11.6 Å². The predicted molar refractivity (Wildman–Crippen MR) is 62.5 cm³/mol. The molecule has 0 bridgehead atoms. The number of tetrazole rings is 1. The molecule has 0 fully saturated rings. The smallest absolute Gasteiger partial charge is 0.325 e. The summed E-state index contributed by atoms with van der Waals surface area (Å²) in [6.45, 7) is -0.325. The monoisotopic (exact) mass is 268 g/mol. The van der Waals surface area contributed by atoms with Crippen molar-refractivity contribution in [2.45, 2.75) is 6.54 Å². The first-order valence-electron chi connectivity index (χ1n) is 4.93. The summed E-state index contributed by atoms with van der Waals surface area (Å²) in [4.78, 5) is 10.7.